The summed E-state index contributed by atoms with van der Waals surface area (Å²) in [5.74, 6) is 0.660. The van der Waals surface area contributed by atoms with E-state index in [9.17, 15) is 0 Å². The maximum atomic E-state index is 4.92. The predicted octanol–water partition coefficient (Wildman–Crippen LogP) is 2.43. The lowest BCUT2D eigenvalue weighted by molar-refractivity contribution is 0.749. The molecule has 0 heterocycles. The standard InChI is InChI=1S/C6H10S2/c7-6(8)5-3-1-2-4-5/h5H,1-4H2,(H,7,8). The monoisotopic (exact) mass is 146 g/mol. The minimum Gasteiger partial charge on any atom is -0.136 e. The highest BCUT2D eigenvalue weighted by Crippen LogP contribution is 2.26. The van der Waals surface area contributed by atoms with E-state index in [1.165, 1.54) is 25.7 Å². The van der Waals surface area contributed by atoms with Crippen LogP contribution in [0.2, 0.25) is 0 Å². The lowest BCUT2D eigenvalue weighted by Crippen LogP contribution is -1.98. The SMILES string of the molecule is S=C(S)C1CCCC1. The zero-order valence-electron chi connectivity index (χ0n) is 4.76. The van der Waals surface area contributed by atoms with Crippen molar-refractivity contribution in [1.29, 1.82) is 0 Å². The third-order valence-corrected chi connectivity index (χ3v) is 2.40. The minimum atomic E-state index is 0.660. The Morgan fingerprint density at radius 3 is 2.12 bits per heavy atom. The van der Waals surface area contributed by atoms with E-state index in [2.05, 4.69) is 12.6 Å². The lowest BCUT2D eigenvalue weighted by Gasteiger charge is -2.01. The van der Waals surface area contributed by atoms with Gasteiger partial charge in [0.05, 0.1) is 0 Å². The molecule has 0 bridgehead atoms. The molecule has 0 aromatic rings. The van der Waals surface area contributed by atoms with Crippen molar-refractivity contribution in [2.45, 2.75) is 25.7 Å². The topological polar surface area (TPSA) is 0 Å². The number of thiocarbonyl (C=S) groups is 1. The molecule has 1 saturated carbocycles. The maximum Gasteiger partial charge on any atom is 0.0479 e. The second-order valence-corrected chi connectivity index (χ2v) is 3.54. The molecule has 2 heteroatoms. The zero-order chi connectivity index (χ0) is 5.98. The third kappa shape index (κ3) is 1.46. The van der Waals surface area contributed by atoms with Gasteiger partial charge in [-0.1, -0.05) is 25.1 Å². The summed E-state index contributed by atoms with van der Waals surface area (Å²) in [5.41, 5.74) is 0. The number of thiol groups is 1. The Kier molecular flexibility index (Phi) is 2.32. The Morgan fingerprint density at radius 1 is 1.38 bits per heavy atom. The largest absolute Gasteiger partial charge is 0.136 e. The van der Waals surface area contributed by atoms with Crippen molar-refractivity contribution in [2.24, 2.45) is 5.92 Å². The summed E-state index contributed by atoms with van der Waals surface area (Å²) in [5, 5.41) is 0. The van der Waals surface area contributed by atoms with Crippen LogP contribution >= 0.6 is 24.8 Å². The van der Waals surface area contributed by atoms with E-state index in [-0.39, 0.29) is 0 Å². The third-order valence-electron chi connectivity index (χ3n) is 1.70. The Labute approximate surface area is 61.1 Å². The number of rotatable bonds is 1. The van der Waals surface area contributed by atoms with Gasteiger partial charge in [0, 0.05) is 4.20 Å². The van der Waals surface area contributed by atoms with Gasteiger partial charge in [-0.3, -0.25) is 0 Å². The second-order valence-electron chi connectivity index (χ2n) is 2.32. The van der Waals surface area contributed by atoms with Crippen molar-refractivity contribution < 1.29 is 0 Å². The van der Waals surface area contributed by atoms with Crippen molar-refractivity contribution in [2.75, 3.05) is 0 Å². The van der Waals surface area contributed by atoms with Crippen LogP contribution in [-0.4, -0.2) is 4.20 Å². The molecule has 1 aliphatic carbocycles. The van der Waals surface area contributed by atoms with Gasteiger partial charge in [0.2, 0.25) is 0 Å². The van der Waals surface area contributed by atoms with Crippen molar-refractivity contribution in [3.8, 4) is 0 Å². The summed E-state index contributed by atoms with van der Waals surface area (Å²) < 4.78 is 0.919. The first kappa shape index (κ1) is 6.56. The molecular weight excluding hydrogens is 136 g/mol. The fourth-order valence-electron chi connectivity index (χ4n) is 1.17. The van der Waals surface area contributed by atoms with E-state index in [1.807, 2.05) is 0 Å². The van der Waals surface area contributed by atoms with E-state index in [1.54, 1.807) is 0 Å². The predicted molar refractivity (Wildman–Crippen MR) is 43.5 cm³/mol. The van der Waals surface area contributed by atoms with Crippen LogP contribution in [0.3, 0.4) is 0 Å². The molecule has 1 fully saturated rings. The van der Waals surface area contributed by atoms with Crippen LogP contribution in [0.25, 0.3) is 0 Å². The van der Waals surface area contributed by atoms with Crippen molar-refractivity contribution in [1.82, 2.24) is 0 Å². The highest BCUT2D eigenvalue weighted by molar-refractivity contribution is 8.11. The molecule has 0 unspecified atom stereocenters. The van der Waals surface area contributed by atoms with E-state index in [4.69, 9.17) is 12.2 Å². The lowest BCUT2D eigenvalue weighted by atomic mass is 10.1. The smallest absolute Gasteiger partial charge is 0.0479 e. The number of hydrogen-bond acceptors (Lipinski definition) is 1. The van der Waals surface area contributed by atoms with Gasteiger partial charge >= 0.3 is 0 Å². The molecule has 8 heavy (non-hydrogen) atoms. The molecule has 0 saturated heterocycles. The van der Waals surface area contributed by atoms with Crippen LogP contribution in [-0.2, 0) is 0 Å². The first-order chi connectivity index (χ1) is 3.80. The molecular formula is C6H10S2. The highest BCUT2D eigenvalue weighted by atomic mass is 32.1. The molecule has 1 aliphatic rings. The molecule has 0 nitrogen and oxygen atoms in total. The summed E-state index contributed by atoms with van der Waals surface area (Å²) in [6, 6.07) is 0. The van der Waals surface area contributed by atoms with Gasteiger partial charge in [-0.2, -0.15) is 0 Å². The fraction of sp³-hybridized carbons (Fsp3) is 0.833. The zero-order valence-corrected chi connectivity index (χ0v) is 6.47. The molecule has 46 valence electrons. The molecule has 1 rings (SSSR count). The normalized spacial score (nSPS) is 21.6. The molecule has 0 aromatic heterocycles. The first-order valence-electron chi connectivity index (χ1n) is 3.03. The second kappa shape index (κ2) is 2.83. The van der Waals surface area contributed by atoms with Crippen molar-refractivity contribution >= 4 is 29.0 Å². The molecule has 0 aromatic carbocycles. The molecule has 0 N–H and O–H groups in total. The van der Waals surface area contributed by atoms with Gasteiger partial charge in [0.15, 0.2) is 0 Å². The average Bonchev–Trinajstić information content (AvgIpc) is 2.12. The summed E-state index contributed by atoms with van der Waals surface area (Å²) in [7, 11) is 0. The van der Waals surface area contributed by atoms with Gasteiger partial charge < -0.3 is 0 Å². The molecule has 0 radical (unpaired) electrons. The van der Waals surface area contributed by atoms with Crippen molar-refractivity contribution in [3.05, 3.63) is 0 Å². The van der Waals surface area contributed by atoms with Crippen LogP contribution in [0.15, 0.2) is 0 Å². The summed E-state index contributed by atoms with van der Waals surface area (Å²) in [6.45, 7) is 0. The Balaban J connectivity index is 2.35. The summed E-state index contributed by atoms with van der Waals surface area (Å²) in [6.07, 6.45) is 5.27. The Hall–Kier alpha value is 0.440. The first-order valence-corrected chi connectivity index (χ1v) is 3.89. The van der Waals surface area contributed by atoms with E-state index in [0.29, 0.717) is 5.92 Å². The van der Waals surface area contributed by atoms with E-state index in [0.717, 1.165) is 4.20 Å². The van der Waals surface area contributed by atoms with E-state index < -0.39 is 0 Å². The van der Waals surface area contributed by atoms with Crippen LogP contribution in [0.5, 0.6) is 0 Å². The molecule has 0 amide bonds. The van der Waals surface area contributed by atoms with Crippen LogP contribution < -0.4 is 0 Å². The van der Waals surface area contributed by atoms with Crippen LogP contribution in [0.4, 0.5) is 0 Å². The molecule has 0 atom stereocenters. The van der Waals surface area contributed by atoms with Gasteiger partial charge in [-0.15, -0.1) is 12.6 Å². The van der Waals surface area contributed by atoms with Crippen molar-refractivity contribution in [3.63, 3.8) is 0 Å². The highest BCUT2D eigenvalue weighted by Gasteiger charge is 2.16. The fourth-order valence-corrected chi connectivity index (χ4v) is 1.67. The number of hydrogen-bond donors (Lipinski definition) is 1. The van der Waals surface area contributed by atoms with Gasteiger partial charge in [0.1, 0.15) is 0 Å². The Morgan fingerprint density at radius 2 is 1.88 bits per heavy atom. The summed E-state index contributed by atoms with van der Waals surface area (Å²) in [4.78, 5) is 0. The van der Waals surface area contributed by atoms with Crippen LogP contribution in [0, 0.1) is 5.92 Å². The van der Waals surface area contributed by atoms with Gasteiger partial charge in [-0.05, 0) is 18.8 Å². The minimum absolute atomic E-state index is 0.660. The quantitative estimate of drug-likeness (QED) is 0.438. The van der Waals surface area contributed by atoms with Gasteiger partial charge in [-0.25, -0.2) is 0 Å². The molecule has 0 spiro atoms. The Bertz CT molecular complexity index is 92.7. The average molecular weight is 146 g/mol. The van der Waals surface area contributed by atoms with E-state index >= 15 is 0 Å². The molecule has 0 aliphatic heterocycles. The summed E-state index contributed by atoms with van der Waals surface area (Å²) >= 11 is 9.04. The maximum absolute atomic E-state index is 4.92. The van der Waals surface area contributed by atoms with Gasteiger partial charge in [0.25, 0.3) is 0 Å². The van der Waals surface area contributed by atoms with Crippen LogP contribution in [0.1, 0.15) is 25.7 Å².